The van der Waals surface area contributed by atoms with Crippen LogP contribution in [0, 0.1) is 0 Å². The van der Waals surface area contributed by atoms with Crippen molar-refractivity contribution in [1.29, 1.82) is 0 Å². The van der Waals surface area contributed by atoms with Crippen LogP contribution in [0.5, 0.6) is 11.5 Å². The average molecular weight is 377 g/mol. The second kappa shape index (κ2) is 9.46. The van der Waals surface area contributed by atoms with Crippen molar-refractivity contribution in [2.75, 3.05) is 33.9 Å². The molecule has 0 radical (unpaired) electrons. The van der Waals surface area contributed by atoms with E-state index in [2.05, 4.69) is 5.32 Å². The first-order chi connectivity index (χ1) is 12.2. The molecule has 0 aromatic heterocycles. The van der Waals surface area contributed by atoms with Crippen molar-refractivity contribution in [3.8, 4) is 11.5 Å². The number of halogens is 1. The standard InChI is InChI=1S/C20H24N2O3.ClH/c1-24-18-9-5-3-7-15(18)13-20(23)22-12-11-21-14-17(22)16-8-4-6-10-19(16)25-2;/h3-10,17,21H,11-14H2,1-2H3;1H. The summed E-state index contributed by atoms with van der Waals surface area (Å²) < 4.78 is 10.9. The van der Waals surface area contributed by atoms with Gasteiger partial charge in [0.05, 0.1) is 26.7 Å². The van der Waals surface area contributed by atoms with Crippen LogP contribution < -0.4 is 14.8 Å². The Morgan fingerprint density at radius 3 is 2.46 bits per heavy atom. The SMILES string of the molecule is COc1ccccc1CC(=O)N1CCNCC1c1ccccc1OC.Cl. The number of benzene rings is 2. The van der Waals surface area contributed by atoms with Crippen molar-refractivity contribution in [2.24, 2.45) is 0 Å². The van der Waals surface area contributed by atoms with E-state index in [-0.39, 0.29) is 24.4 Å². The van der Waals surface area contributed by atoms with Crippen molar-refractivity contribution in [2.45, 2.75) is 12.5 Å². The van der Waals surface area contributed by atoms with Crippen molar-refractivity contribution < 1.29 is 14.3 Å². The molecule has 1 fully saturated rings. The van der Waals surface area contributed by atoms with Gasteiger partial charge in [-0.05, 0) is 12.1 Å². The first-order valence-corrected chi connectivity index (χ1v) is 8.49. The lowest BCUT2D eigenvalue weighted by Gasteiger charge is -2.37. The molecular formula is C20H25ClN2O3. The Kier molecular flexibility index (Phi) is 7.30. The molecule has 0 aliphatic carbocycles. The first-order valence-electron chi connectivity index (χ1n) is 8.49. The molecule has 0 bridgehead atoms. The molecule has 26 heavy (non-hydrogen) atoms. The molecule has 1 heterocycles. The predicted molar refractivity (Wildman–Crippen MR) is 104 cm³/mol. The summed E-state index contributed by atoms with van der Waals surface area (Å²) in [6.07, 6.45) is 0.329. The summed E-state index contributed by atoms with van der Waals surface area (Å²) in [5, 5.41) is 3.38. The van der Waals surface area contributed by atoms with Gasteiger partial charge in [-0.1, -0.05) is 36.4 Å². The second-order valence-electron chi connectivity index (χ2n) is 6.04. The highest BCUT2D eigenvalue weighted by Crippen LogP contribution is 2.31. The maximum Gasteiger partial charge on any atom is 0.227 e. The summed E-state index contributed by atoms with van der Waals surface area (Å²) in [6.45, 7) is 2.19. The quantitative estimate of drug-likeness (QED) is 0.871. The molecule has 1 aliphatic rings. The minimum atomic E-state index is -0.0351. The molecular weight excluding hydrogens is 352 g/mol. The number of hydrogen-bond acceptors (Lipinski definition) is 4. The van der Waals surface area contributed by atoms with E-state index in [1.54, 1.807) is 14.2 Å². The number of nitrogens with zero attached hydrogens (tertiary/aromatic N) is 1. The summed E-state index contributed by atoms with van der Waals surface area (Å²) in [4.78, 5) is 15.0. The van der Waals surface area contributed by atoms with Gasteiger partial charge < -0.3 is 19.7 Å². The maximum atomic E-state index is 13.0. The zero-order chi connectivity index (χ0) is 17.6. The molecule has 6 heteroatoms. The van der Waals surface area contributed by atoms with E-state index < -0.39 is 0 Å². The highest BCUT2D eigenvalue weighted by Gasteiger charge is 2.30. The number of piperazine rings is 1. The van der Waals surface area contributed by atoms with E-state index >= 15 is 0 Å². The lowest BCUT2D eigenvalue weighted by atomic mass is 10.0. The van der Waals surface area contributed by atoms with Crippen molar-refractivity contribution in [3.05, 3.63) is 59.7 Å². The van der Waals surface area contributed by atoms with Crippen molar-refractivity contribution in [1.82, 2.24) is 10.2 Å². The molecule has 3 rings (SSSR count). The minimum absolute atomic E-state index is 0. The number of amides is 1. The fourth-order valence-electron chi connectivity index (χ4n) is 3.34. The smallest absolute Gasteiger partial charge is 0.227 e. The van der Waals surface area contributed by atoms with Crippen LogP contribution in [-0.4, -0.2) is 44.7 Å². The zero-order valence-corrected chi connectivity index (χ0v) is 15.9. The fourth-order valence-corrected chi connectivity index (χ4v) is 3.34. The van der Waals surface area contributed by atoms with Crippen LogP contribution >= 0.6 is 12.4 Å². The Labute approximate surface area is 160 Å². The monoisotopic (exact) mass is 376 g/mol. The van der Waals surface area contributed by atoms with Gasteiger partial charge in [0.1, 0.15) is 11.5 Å². The van der Waals surface area contributed by atoms with Gasteiger partial charge in [-0.15, -0.1) is 12.4 Å². The summed E-state index contributed by atoms with van der Waals surface area (Å²) in [6, 6.07) is 15.5. The number of ether oxygens (including phenoxy) is 2. The first kappa shape index (κ1) is 20.1. The van der Waals surface area contributed by atoms with E-state index in [4.69, 9.17) is 9.47 Å². The number of methoxy groups -OCH3 is 2. The molecule has 5 nitrogen and oxygen atoms in total. The van der Waals surface area contributed by atoms with E-state index in [9.17, 15) is 4.79 Å². The zero-order valence-electron chi connectivity index (χ0n) is 15.1. The number of carbonyl (C=O) groups excluding carboxylic acids is 1. The Balaban J connectivity index is 0.00000243. The van der Waals surface area contributed by atoms with Gasteiger partial charge >= 0.3 is 0 Å². The summed E-state index contributed by atoms with van der Waals surface area (Å²) in [5.74, 6) is 1.66. The molecule has 1 unspecified atom stereocenters. The third-order valence-electron chi connectivity index (χ3n) is 4.60. The van der Waals surface area contributed by atoms with Crippen LogP contribution in [0.1, 0.15) is 17.2 Å². The number of carbonyl (C=O) groups is 1. The van der Waals surface area contributed by atoms with E-state index in [0.717, 1.165) is 35.7 Å². The van der Waals surface area contributed by atoms with Crippen LogP contribution in [0.15, 0.2) is 48.5 Å². The summed E-state index contributed by atoms with van der Waals surface area (Å²) >= 11 is 0. The third-order valence-corrected chi connectivity index (χ3v) is 4.60. The van der Waals surface area contributed by atoms with Crippen molar-refractivity contribution in [3.63, 3.8) is 0 Å². The Bertz CT molecular complexity index is 739. The van der Waals surface area contributed by atoms with Gasteiger partial charge in [-0.2, -0.15) is 0 Å². The number of rotatable bonds is 5. The predicted octanol–water partition coefficient (Wildman–Crippen LogP) is 2.84. The van der Waals surface area contributed by atoms with Crippen LogP contribution in [-0.2, 0) is 11.2 Å². The lowest BCUT2D eigenvalue weighted by molar-refractivity contribution is -0.133. The van der Waals surface area contributed by atoms with Crippen molar-refractivity contribution >= 4 is 18.3 Å². The highest BCUT2D eigenvalue weighted by atomic mass is 35.5. The van der Waals surface area contributed by atoms with Gasteiger partial charge in [0.2, 0.25) is 5.91 Å². The number of para-hydroxylation sites is 2. The van der Waals surface area contributed by atoms with Crippen LogP contribution in [0.2, 0.25) is 0 Å². The largest absolute Gasteiger partial charge is 0.496 e. The molecule has 2 aromatic rings. The maximum absolute atomic E-state index is 13.0. The van der Waals surface area contributed by atoms with E-state index in [1.807, 2.05) is 53.4 Å². The molecule has 1 N–H and O–H groups in total. The normalized spacial score (nSPS) is 16.5. The molecule has 1 amide bonds. The van der Waals surface area contributed by atoms with E-state index in [0.29, 0.717) is 13.0 Å². The van der Waals surface area contributed by atoms with E-state index in [1.165, 1.54) is 0 Å². The Morgan fingerprint density at radius 2 is 1.73 bits per heavy atom. The minimum Gasteiger partial charge on any atom is -0.496 e. The highest BCUT2D eigenvalue weighted by molar-refractivity contribution is 5.85. The van der Waals surface area contributed by atoms with Crippen LogP contribution in [0.4, 0.5) is 0 Å². The molecule has 2 aromatic carbocycles. The fraction of sp³-hybridized carbons (Fsp3) is 0.350. The molecule has 1 saturated heterocycles. The number of hydrogen-bond donors (Lipinski definition) is 1. The summed E-state index contributed by atoms with van der Waals surface area (Å²) in [5.41, 5.74) is 1.94. The van der Waals surface area contributed by atoms with Gasteiger partial charge in [0, 0.05) is 30.8 Å². The average Bonchev–Trinajstić information content (AvgIpc) is 2.68. The molecule has 0 saturated carbocycles. The van der Waals surface area contributed by atoms with Gasteiger partial charge in [-0.3, -0.25) is 4.79 Å². The van der Waals surface area contributed by atoms with Crippen LogP contribution in [0.25, 0.3) is 0 Å². The van der Waals surface area contributed by atoms with Crippen LogP contribution in [0.3, 0.4) is 0 Å². The van der Waals surface area contributed by atoms with Gasteiger partial charge in [-0.25, -0.2) is 0 Å². The molecule has 140 valence electrons. The number of nitrogens with one attached hydrogen (secondary N) is 1. The summed E-state index contributed by atoms with van der Waals surface area (Å²) in [7, 11) is 3.29. The molecule has 1 aliphatic heterocycles. The molecule has 1 atom stereocenters. The lowest BCUT2D eigenvalue weighted by Crippen LogP contribution is -2.49. The second-order valence-corrected chi connectivity index (χ2v) is 6.04. The topological polar surface area (TPSA) is 50.8 Å². The Morgan fingerprint density at radius 1 is 1.08 bits per heavy atom. The molecule has 0 spiro atoms. The van der Waals surface area contributed by atoms with Gasteiger partial charge in [0.25, 0.3) is 0 Å². The third kappa shape index (κ3) is 4.29. The van der Waals surface area contributed by atoms with Gasteiger partial charge in [0.15, 0.2) is 0 Å². The Hall–Kier alpha value is -2.24.